The molecule has 4 heterocycles. The molecule has 0 radical (unpaired) electrons. The average molecular weight is 608 g/mol. The van der Waals surface area contributed by atoms with Crippen LogP contribution >= 0.6 is 0 Å². The largest absolute Gasteiger partial charge is 0.387 e. The molecule has 0 bridgehead atoms. The lowest BCUT2D eigenvalue weighted by Gasteiger charge is -2.33. The minimum Gasteiger partial charge on any atom is -0.387 e. The number of amides is 3. The zero-order valence-electron chi connectivity index (χ0n) is 25.2. The van der Waals surface area contributed by atoms with Crippen molar-refractivity contribution in [1.29, 1.82) is 5.26 Å². The maximum Gasteiger partial charge on any atom is 0.240 e. The van der Waals surface area contributed by atoms with Gasteiger partial charge >= 0.3 is 0 Å². The third-order valence-corrected chi connectivity index (χ3v) is 8.68. The number of rotatable bonds is 8. The number of hydrogen-bond acceptors (Lipinski definition) is 10. The first kappa shape index (κ1) is 29.6. The Morgan fingerprint density at radius 1 is 1.09 bits per heavy atom. The molecular formula is C32H35N10O3+. The normalized spacial score (nSPS) is 18.2. The van der Waals surface area contributed by atoms with E-state index in [9.17, 15) is 19.6 Å². The fourth-order valence-corrected chi connectivity index (χ4v) is 6.12. The maximum atomic E-state index is 12.4. The van der Waals surface area contributed by atoms with Crippen LogP contribution in [0, 0.1) is 17.2 Å². The second kappa shape index (κ2) is 12.2. The van der Waals surface area contributed by atoms with Gasteiger partial charge in [-0.3, -0.25) is 25.1 Å². The first-order valence-corrected chi connectivity index (χ1v) is 15.0. The molecule has 3 aromatic rings. The topological polar surface area (TPSA) is 181 Å². The summed E-state index contributed by atoms with van der Waals surface area (Å²) < 4.78 is 0. The van der Waals surface area contributed by atoms with Gasteiger partial charge in [0.25, 0.3) is 0 Å². The monoisotopic (exact) mass is 607 g/mol. The molecule has 1 unspecified atom stereocenters. The number of benzene rings is 2. The van der Waals surface area contributed by atoms with Crippen LogP contribution in [-0.2, 0) is 20.8 Å². The average Bonchev–Trinajstić information content (AvgIpc) is 3.33. The van der Waals surface area contributed by atoms with Crippen molar-refractivity contribution in [3.63, 3.8) is 0 Å². The summed E-state index contributed by atoms with van der Waals surface area (Å²) in [4.78, 5) is 48.9. The fraction of sp³-hybridized carbons (Fsp3) is 0.344. The molecule has 2 saturated heterocycles. The van der Waals surface area contributed by atoms with Crippen LogP contribution in [0.3, 0.4) is 0 Å². The van der Waals surface area contributed by atoms with Crippen LogP contribution in [0.15, 0.2) is 42.6 Å². The summed E-state index contributed by atoms with van der Waals surface area (Å²) in [7, 11) is 3.57. The predicted molar refractivity (Wildman–Crippen MR) is 170 cm³/mol. The highest BCUT2D eigenvalue weighted by atomic mass is 16.2. The van der Waals surface area contributed by atoms with Gasteiger partial charge in [-0.1, -0.05) is 0 Å². The zero-order valence-corrected chi connectivity index (χ0v) is 25.2. The third-order valence-electron chi connectivity index (χ3n) is 8.68. The molecule has 13 heteroatoms. The highest BCUT2D eigenvalue weighted by Crippen LogP contribution is 2.32. The molecule has 6 rings (SSSR count). The lowest BCUT2D eigenvalue weighted by atomic mass is 9.88. The number of aromatic nitrogens is 2. The van der Waals surface area contributed by atoms with Gasteiger partial charge in [-0.15, -0.1) is 0 Å². The molecule has 0 aliphatic carbocycles. The van der Waals surface area contributed by atoms with Crippen molar-refractivity contribution in [2.75, 3.05) is 52.9 Å². The van der Waals surface area contributed by atoms with Crippen molar-refractivity contribution < 1.29 is 19.8 Å². The van der Waals surface area contributed by atoms with Gasteiger partial charge in [0.05, 0.1) is 18.2 Å². The minimum absolute atomic E-state index is 0.0505. The van der Waals surface area contributed by atoms with E-state index >= 15 is 0 Å². The summed E-state index contributed by atoms with van der Waals surface area (Å²) in [6, 6.07) is 13.9. The minimum atomic E-state index is -0.542. The summed E-state index contributed by atoms with van der Waals surface area (Å²) in [5, 5.41) is 28.5. The Kier molecular flexibility index (Phi) is 8.04. The van der Waals surface area contributed by atoms with Crippen molar-refractivity contribution in [2.24, 2.45) is 5.92 Å². The number of nitrogens with one attached hydrogen (secondary N) is 4. The lowest BCUT2D eigenvalue weighted by molar-refractivity contribution is -0.139. The summed E-state index contributed by atoms with van der Waals surface area (Å²) in [5.41, 5.74) is 5.83. The molecule has 1 atom stereocenters. The molecule has 3 amide bonds. The molecule has 0 spiro atoms. The van der Waals surface area contributed by atoms with E-state index in [-0.39, 0.29) is 30.2 Å². The van der Waals surface area contributed by atoms with Gasteiger partial charge in [0, 0.05) is 62.4 Å². The van der Waals surface area contributed by atoms with E-state index in [1.165, 1.54) is 6.20 Å². The van der Waals surface area contributed by atoms with Crippen molar-refractivity contribution in [1.82, 2.24) is 15.3 Å². The van der Waals surface area contributed by atoms with Crippen LogP contribution < -0.4 is 36.5 Å². The van der Waals surface area contributed by atoms with E-state index < -0.39 is 5.92 Å². The Morgan fingerprint density at radius 2 is 1.87 bits per heavy atom. The van der Waals surface area contributed by atoms with Crippen LogP contribution in [0.1, 0.15) is 42.4 Å². The molecule has 3 aliphatic heterocycles. The number of nitrogens with zero attached hydrogens (tertiary/aromatic N) is 5. The van der Waals surface area contributed by atoms with Gasteiger partial charge < -0.3 is 25.8 Å². The fourth-order valence-electron chi connectivity index (χ4n) is 6.12. The van der Waals surface area contributed by atoms with Crippen LogP contribution in [0.4, 0.5) is 34.5 Å². The van der Waals surface area contributed by atoms with Crippen molar-refractivity contribution in [3.8, 4) is 6.07 Å². The molecule has 1 aromatic heterocycles. The standard InChI is InChI=1S/C32H34N10O3/c1-35-25-15-22(3-5-23(25)29(34)24-6-8-27(43)39-31(24)45)37-20-9-11-42(12-10-20)32-36-17-19(16-33)30(40-32)38-21-4-7-26-18(13-21)14-28(44)41(26)2/h3-5,7,13,15,17,20,24,34-35,37H,6,8-12,14H2,1-2H3,(H,36,38,40)(H,39,43,45)/p+1. The molecule has 45 heavy (non-hydrogen) atoms. The zero-order chi connectivity index (χ0) is 31.7. The van der Waals surface area contributed by atoms with Crippen LogP contribution in [0.2, 0.25) is 0 Å². The summed E-state index contributed by atoms with van der Waals surface area (Å²) in [5.74, 6) is -0.147. The first-order chi connectivity index (χ1) is 21.7. The Morgan fingerprint density at radius 3 is 2.60 bits per heavy atom. The molecular weight excluding hydrogens is 572 g/mol. The van der Waals surface area contributed by atoms with Crippen LogP contribution in [-0.4, -0.2) is 66.6 Å². The van der Waals surface area contributed by atoms with Crippen LogP contribution in [0.25, 0.3) is 0 Å². The maximum absolute atomic E-state index is 12.4. The predicted octanol–water partition coefficient (Wildman–Crippen LogP) is 1.33. The van der Waals surface area contributed by atoms with Gasteiger partial charge in [0.15, 0.2) is 11.5 Å². The third kappa shape index (κ3) is 5.99. The van der Waals surface area contributed by atoms with E-state index in [1.807, 2.05) is 43.4 Å². The number of nitriles is 1. The second-order valence-electron chi connectivity index (χ2n) is 11.5. The summed E-state index contributed by atoms with van der Waals surface area (Å²) >= 11 is 0. The summed E-state index contributed by atoms with van der Waals surface area (Å²) in [6.07, 6.45) is 4.25. The van der Waals surface area contributed by atoms with E-state index in [2.05, 4.69) is 37.2 Å². The number of piperidine rings is 2. The lowest BCUT2D eigenvalue weighted by Crippen LogP contribution is -2.53. The van der Waals surface area contributed by atoms with E-state index in [0.29, 0.717) is 35.9 Å². The van der Waals surface area contributed by atoms with Crippen molar-refractivity contribution in [2.45, 2.75) is 38.1 Å². The molecule has 6 N–H and O–H groups in total. The Balaban J connectivity index is 1.09. The number of hydrogen-bond donors (Lipinski definition) is 5. The first-order valence-electron chi connectivity index (χ1n) is 15.0. The van der Waals surface area contributed by atoms with Gasteiger partial charge in [0.1, 0.15) is 17.6 Å². The number of carbonyl (C=O) groups excluding carboxylic acids is 3. The number of fused-ring (bicyclic) bond motifs is 1. The van der Waals surface area contributed by atoms with Gasteiger partial charge in [0.2, 0.25) is 23.7 Å². The highest BCUT2D eigenvalue weighted by Gasteiger charge is 2.35. The number of likely N-dealkylation sites (N-methyl/N-ethyl adjacent to an activating group) is 1. The Hall–Kier alpha value is -5.51. The van der Waals surface area contributed by atoms with E-state index in [0.717, 1.165) is 59.8 Å². The van der Waals surface area contributed by atoms with Crippen molar-refractivity contribution >= 4 is 57.9 Å². The SMILES string of the molecule is CNc1cc(NC2CCN(c3ncc(C#N)c(Nc4ccc5c(c4)CC(=O)N5C)n3)CC2)ccc1C(=[NH2+])C1CCC(=O)NC1=O. The number of anilines is 6. The van der Waals surface area contributed by atoms with Gasteiger partial charge in [-0.2, -0.15) is 10.2 Å². The summed E-state index contributed by atoms with van der Waals surface area (Å²) in [6.45, 7) is 1.45. The molecule has 13 nitrogen and oxygen atoms in total. The highest BCUT2D eigenvalue weighted by molar-refractivity contribution is 6.16. The second-order valence-corrected chi connectivity index (χ2v) is 11.5. The molecule has 230 valence electrons. The molecule has 2 fully saturated rings. The smallest absolute Gasteiger partial charge is 0.240 e. The number of imide groups is 1. The molecule has 3 aliphatic rings. The molecule has 0 saturated carbocycles. The Labute approximate surface area is 260 Å². The van der Waals surface area contributed by atoms with Crippen LogP contribution in [0.5, 0.6) is 0 Å². The van der Waals surface area contributed by atoms with Gasteiger partial charge in [-0.25, -0.2) is 4.98 Å². The number of nitrogens with two attached hydrogens (primary N) is 1. The van der Waals surface area contributed by atoms with Crippen molar-refractivity contribution in [3.05, 3.63) is 59.3 Å². The van der Waals surface area contributed by atoms with E-state index in [1.54, 1.807) is 11.9 Å². The Bertz CT molecular complexity index is 1740. The molecule has 2 aromatic carbocycles. The van der Waals surface area contributed by atoms with E-state index in [4.69, 9.17) is 10.4 Å². The number of carbonyl (C=O) groups is 3. The quantitative estimate of drug-likeness (QED) is 0.185. The van der Waals surface area contributed by atoms with Gasteiger partial charge in [-0.05, 0) is 61.2 Å².